The highest BCUT2D eigenvalue weighted by Crippen LogP contribution is 2.44. The number of carboxylic acids is 1. The topological polar surface area (TPSA) is 105 Å². The second-order valence-corrected chi connectivity index (χ2v) is 8.00. The van der Waals surface area contributed by atoms with Gasteiger partial charge in [0.25, 0.3) is 5.91 Å². The van der Waals surface area contributed by atoms with Crippen molar-refractivity contribution in [2.45, 2.75) is 31.2 Å². The largest absolute Gasteiger partial charge is 0.481 e. The summed E-state index contributed by atoms with van der Waals surface area (Å²) in [5, 5.41) is 14.1. The lowest BCUT2D eigenvalue weighted by molar-refractivity contribution is -0.137. The summed E-state index contributed by atoms with van der Waals surface area (Å²) >= 11 is 0. The van der Waals surface area contributed by atoms with Crippen LogP contribution >= 0.6 is 0 Å². The summed E-state index contributed by atoms with van der Waals surface area (Å²) in [5.74, 6) is 3.64. The number of rotatable bonds is 7. The van der Waals surface area contributed by atoms with Crippen LogP contribution in [0.25, 0.3) is 11.1 Å². The molecule has 2 aliphatic rings. The van der Waals surface area contributed by atoms with Crippen LogP contribution in [-0.2, 0) is 14.3 Å². The molecule has 0 radical (unpaired) electrons. The summed E-state index contributed by atoms with van der Waals surface area (Å²) < 4.78 is 5.41. The van der Waals surface area contributed by atoms with E-state index in [-0.39, 0.29) is 31.4 Å². The molecular weight excluding hydrogens is 408 g/mol. The molecule has 7 heteroatoms. The van der Waals surface area contributed by atoms with Crippen molar-refractivity contribution in [3.8, 4) is 23.0 Å². The maximum Gasteiger partial charge on any atom is 0.407 e. The molecule has 1 saturated carbocycles. The molecule has 2 amide bonds. The van der Waals surface area contributed by atoms with Gasteiger partial charge < -0.3 is 20.5 Å². The molecule has 3 N–H and O–H groups in total. The van der Waals surface area contributed by atoms with Crippen molar-refractivity contribution in [2.24, 2.45) is 5.92 Å². The summed E-state index contributed by atoms with van der Waals surface area (Å²) in [7, 11) is 0. The number of carbonyl (C=O) groups is 3. The van der Waals surface area contributed by atoms with Crippen LogP contribution < -0.4 is 10.6 Å². The molecule has 2 aliphatic carbocycles. The van der Waals surface area contributed by atoms with Crippen molar-refractivity contribution < 1.29 is 24.2 Å². The minimum atomic E-state index is -0.952. The summed E-state index contributed by atoms with van der Waals surface area (Å²) in [4.78, 5) is 34.9. The van der Waals surface area contributed by atoms with Crippen LogP contribution in [0.1, 0.15) is 36.3 Å². The van der Waals surface area contributed by atoms with Crippen molar-refractivity contribution in [3.05, 3.63) is 59.7 Å². The van der Waals surface area contributed by atoms with Crippen molar-refractivity contribution in [1.29, 1.82) is 0 Å². The third-order valence-corrected chi connectivity index (χ3v) is 5.77. The molecule has 164 valence electrons. The zero-order valence-electron chi connectivity index (χ0n) is 17.5. The maximum atomic E-state index is 12.1. The van der Waals surface area contributed by atoms with Crippen LogP contribution in [0.5, 0.6) is 0 Å². The number of alkyl carbamates (subject to hydrolysis) is 1. The number of hydrogen-bond donors (Lipinski definition) is 3. The number of fused-ring (bicyclic) bond motifs is 3. The predicted molar refractivity (Wildman–Crippen MR) is 118 cm³/mol. The number of nitrogens with one attached hydrogen (secondary N) is 2. The molecule has 32 heavy (non-hydrogen) atoms. The summed E-state index contributed by atoms with van der Waals surface area (Å²) in [6.07, 6.45) is 1.10. The van der Waals surface area contributed by atoms with E-state index < -0.39 is 24.0 Å². The first kappa shape index (κ1) is 21.4. The first-order valence-corrected chi connectivity index (χ1v) is 10.6. The van der Waals surface area contributed by atoms with E-state index in [2.05, 4.69) is 34.6 Å². The van der Waals surface area contributed by atoms with Crippen LogP contribution in [0.4, 0.5) is 4.79 Å². The SMILES string of the molecule is O=C(O)CC(NC(=O)C#CCNC(=O)OCC1c2ccccc2-c2ccccc21)C1CC1. The number of carboxylic acid groups (broad SMARTS) is 1. The van der Waals surface area contributed by atoms with Gasteiger partial charge in [0.2, 0.25) is 0 Å². The highest BCUT2D eigenvalue weighted by Gasteiger charge is 2.33. The van der Waals surface area contributed by atoms with Gasteiger partial charge in [-0.2, -0.15) is 0 Å². The average molecular weight is 432 g/mol. The molecule has 0 aromatic heterocycles. The zero-order chi connectivity index (χ0) is 22.5. The quantitative estimate of drug-likeness (QED) is 0.584. The Balaban J connectivity index is 1.25. The number of benzene rings is 2. The molecule has 0 saturated heterocycles. The van der Waals surface area contributed by atoms with Gasteiger partial charge in [-0.3, -0.25) is 9.59 Å². The van der Waals surface area contributed by atoms with Gasteiger partial charge in [-0.15, -0.1) is 0 Å². The minimum Gasteiger partial charge on any atom is -0.481 e. The van der Waals surface area contributed by atoms with Crippen LogP contribution in [-0.4, -0.2) is 42.3 Å². The van der Waals surface area contributed by atoms with Crippen molar-refractivity contribution in [2.75, 3.05) is 13.2 Å². The van der Waals surface area contributed by atoms with Gasteiger partial charge in [0, 0.05) is 12.0 Å². The highest BCUT2D eigenvalue weighted by molar-refractivity contribution is 5.94. The molecule has 0 aliphatic heterocycles. The van der Waals surface area contributed by atoms with E-state index in [0.717, 1.165) is 35.1 Å². The van der Waals surface area contributed by atoms with E-state index >= 15 is 0 Å². The lowest BCUT2D eigenvalue weighted by atomic mass is 9.98. The third kappa shape index (κ3) is 5.09. The lowest BCUT2D eigenvalue weighted by Gasteiger charge is -2.14. The number of amides is 2. The predicted octanol–water partition coefficient (Wildman–Crippen LogP) is 2.90. The van der Waals surface area contributed by atoms with Crippen LogP contribution in [0.3, 0.4) is 0 Å². The van der Waals surface area contributed by atoms with Crippen LogP contribution in [0.15, 0.2) is 48.5 Å². The Morgan fingerprint density at radius 3 is 2.25 bits per heavy atom. The zero-order valence-corrected chi connectivity index (χ0v) is 17.5. The molecular formula is C25H24N2O5. The Morgan fingerprint density at radius 1 is 1.03 bits per heavy atom. The van der Waals surface area contributed by atoms with Gasteiger partial charge in [-0.1, -0.05) is 54.5 Å². The summed E-state index contributed by atoms with van der Waals surface area (Å²) in [6.45, 7) is 0.156. The van der Waals surface area contributed by atoms with Gasteiger partial charge in [-0.25, -0.2) is 4.79 Å². The molecule has 7 nitrogen and oxygen atoms in total. The Labute approximate surface area is 186 Å². The lowest BCUT2D eigenvalue weighted by Crippen LogP contribution is -2.37. The van der Waals surface area contributed by atoms with Gasteiger partial charge in [-0.05, 0) is 46.9 Å². The first-order chi connectivity index (χ1) is 15.5. The molecule has 0 bridgehead atoms. The Morgan fingerprint density at radius 2 is 1.66 bits per heavy atom. The van der Waals surface area contributed by atoms with Crippen LogP contribution in [0, 0.1) is 17.8 Å². The van der Waals surface area contributed by atoms with E-state index in [1.807, 2.05) is 36.4 Å². The van der Waals surface area contributed by atoms with E-state index in [4.69, 9.17) is 9.84 Å². The minimum absolute atomic E-state index is 0.0291. The second kappa shape index (κ2) is 9.56. The van der Waals surface area contributed by atoms with Gasteiger partial charge >= 0.3 is 12.1 Å². The fourth-order valence-corrected chi connectivity index (χ4v) is 4.12. The van der Waals surface area contributed by atoms with Crippen LogP contribution in [0.2, 0.25) is 0 Å². The second-order valence-electron chi connectivity index (χ2n) is 8.00. The normalized spacial score (nSPS) is 14.9. The Hall–Kier alpha value is -3.79. The summed E-state index contributed by atoms with van der Waals surface area (Å²) in [6, 6.07) is 15.8. The Bertz CT molecular complexity index is 1050. The smallest absolute Gasteiger partial charge is 0.407 e. The van der Waals surface area contributed by atoms with E-state index in [0.29, 0.717) is 0 Å². The third-order valence-electron chi connectivity index (χ3n) is 5.77. The van der Waals surface area contributed by atoms with E-state index in [1.165, 1.54) is 0 Å². The molecule has 4 rings (SSSR count). The molecule has 1 fully saturated rings. The highest BCUT2D eigenvalue weighted by atomic mass is 16.5. The van der Waals surface area contributed by atoms with Crippen molar-refractivity contribution in [3.63, 3.8) is 0 Å². The molecule has 0 heterocycles. The fourth-order valence-electron chi connectivity index (χ4n) is 4.12. The summed E-state index contributed by atoms with van der Waals surface area (Å²) in [5.41, 5.74) is 4.57. The fraction of sp³-hybridized carbons (Fsp3) is 0.320. The number of hydrogen-bond acceptors (Lipinski definition) is 4. The standard InChI is InChI=1S/C25H24N2O5/c28-23(27-22(14-24(29)30)16-11-12-16)10-5-13-26-25(31)32-15-21-19-8-3-1-6-17(19)18-7-2-4-9-20(18)21/h1-4,6-9,16,21-22H,11-15H2,(H,26,31)(H,27,28)(H,29,30). The maximum absolute atomic E-state index is 12.1. The van der Waals surface area contributed by atoms with Crippen molar-refractivity contribution >= 4 is 18.0 Å². The van der Waals surface area contributed by atoms with E-state index in [9.17, 15) is 14.4 Å². The number of carbonyl (C=O) groups excluding carboxylic acids is 2. The van der Waals surface area contributed by atoms with Gasteiger partial charge in [0.1, 0.15) is 6.61 Å². The average Bonchev–Trinajstić information content (AvgIpc) is 3.58. The van der Waals surface area contributed by atoms with Gasteiger partial charge in [0.15, 0.2) is 0 Å². The first-order valence-electron chi connectivity index (χ1n) is 10.6. The number of aliphatic carboxylic acids is 1. The Kier molecular flexibility index (Phi) is 6.41. The van der Waals surface area contributed by atoms with Crippen molar-refractivity contribution in [1.82, 2.24) is 10.6 Å². The molecule has 2 aromatic carbocycles. The molecule has 0 spiro atoms. The van der Waals surface area contributed by atoms with E-state index in [1.54, 1.807) is 0 Å². The molecule has 1 atom stereocenters. The van der Waals surface area contributed by atoms with Gasteiger partial charge in [0.05, 0.1) is 13.0 Å². The monoisotopic (exact) mass is 432 g/mol. The molecule has 1 unspecified atom stereocenters. The number of ether oxygens (including phenoxy) is 1. The molecule has 2 aromatic rings.